The Balaban J connectivity index is 1.40. The number of hydrogen-bond donors (Lipinski definition) is 3. The van der Waals surface area contributed by atoms with Gasteiger partial charge in [0.05, 0.1) is 46.2 Å². The summed E-state index contributed by atoms with van der Waals surface area (Å²) in [5, 5.41) is 14.4. The second-order valence-corrected chi connectivity index (χ2v) is 11.6. The lowest BCUT2D eigenvalue weighted by molar-refractivity contribution is 0.0526. The summed E-state index contributed by atoms with van der Waals surface area (Å²) in [6.45, 7) is 7.00. The molecule has 10 heteroatoms. The molecule has 0 aliphatic carbocycles. The van der Waals surface area contributed by atoms with Crippen LogP contribution in [-0.2, 0) is 21.3 Å². The topological polar surface area (TPSA) is 123 Å². The maximum atomic E-state index is 12.8. The second kappa shape index (κ2) is 12.0. The SMILES string of the molecule is CCOC(=O)c1ccc2ncn(CCC(C)(C)NCC(O)c3ccccc3NS(=O)(=O)c3ccccc3)c2c1. The number of aliphatic hydroxyl groups excluding tert-OH is 1. The number of sulfonamides is 1. The van der Waals surface area contributed by atoms with E-state index in [4.69, 9.17) is 4.74 Å². The van der Waals surface area contributed by atoms with Gasteiger partial charge in [0.25, 0.3) is 10.0 Å². The van der Waals surface area contributed by atoms with E-state index in [0.29, 0.717) is 36.4 Å². The molecule has 1 aromatic heterocycles. The van der Waals surface area contributed by atoms with Gasteiger partial charge < -0.3 is 19.7 Å². The van der Waals surface area contributed by atoms with Crippen LogP contribution in [0, 0.1) is 0 Å². The van der Waals surface area contributed by atoms with Crippen molar-refractivity contribution in [3.05, 3.63) is 90.3 Å². The molecular weight excluding hydrogens is 516 g/mol. The Morgan fingerprint density at radius 2 is 1.79 bits per heavy atom. The molecule has 3 aromatic carbocycles. The average molecular weight is 551 g/mol. The zero-order valence-corrected chi connectivity index (χ0v) is 23.1. The number of β-amino-alcohol motifs (C(OH)–C–C–N with tert-alkyl or cyclic N) is 1. The van der Waals surface area contributed by atoms with Gasteiger partial charge in [-0.3, -0.25) is 4.72 Å². The zero-order chi connectivity index (χ0) is 28.0. The van der Waals surface area contributed by atoms with Crippen molar-refractivity contribution in [2.45, 2.75) is 50.3 Å². The molecule has 0 saturated heterocycles. The van der Waals surface area contributed by atoms with E-state index in [2.05, 4.69) is 15.0 Å². The minimum Gasteiger partial charge on any atom is -0.462 e. The van der Waals surface area contributed by atoms with Crippen molar-refractivity contribution < 1.29 is 23.1 Å². The largest absolute Gasteiger partial charge is 0.462 e. The molecule has 0 spiro atoms. The van der Waals surface area contributed by atoms with Gasteiger partial charge in [-0.15, -0.1) is 0 Å². The van der Waals surface area contributed by atoms with Gasteiger partial charge in [0, 0.05) is 24.2 Å². The summed E-state index contributed by atoms with van der Waals surface area (Å²) in [6, 6.07) is 20.2. The third kappa shape index (κ3) is 7.03. The van der Waals surface area contributed by atoms with Crippen LogP contribution in [0.5, 0.6) is 0 Å². The van der Waals surface area contributed by atoms with Crippen LogP contribution >= 0.6 is 0 Å². The smallest absolute Gasteiger partial charge is 0.338 e. The van der Waals surface area contributed by atoms with Crippen LogP contribution in [-0.4, -0.2) is 47.7 Å². The van der Waals surface area contributed by atoms with E-state index in [1.54, 1.807) is 73.9 Å². The van der Waals surface area contributed by atoms with E-state index in [-0.39, 0.29) is 22.9 Å². The van der Waals surface area contributed by atoms with Crippen LogP contribution in [0.1, 0.15) is 49.2 Å². The number of fused-ring (bicyclic) bond motifs is 1. The number of aromatic nitrogens is 2. The van der Waals surface area contributed by atoms with Gasteiger partial charge in [-0.25, -0.2) is 18.2 Å². The summed E-state index contributed by atoms with van der Waals surface area (Å²) in [6.07, 6.45) is 1.51. The molecule has 4 rings (SSSR count). The van der Waals surface area contributed by atoms with Gasteiger partial charge >= 0.3 is 5.97 Å². The maximum absolute atomic E-state index is 12.8. The normalized spacial score (nSPS) is 12.8. The molecule has 1 unspecified atom stereocenters. The maximum Gasteiger partial charge on any atom is 0.338 e. The first kappa shape index (κ1) is 28.3. The number of carbonyl (C=O) groups is 1. The van der Waals surface area contributed by atoms with E-state index < -0.39 is 16.1 Å². The third-order valence-electron chi connectivity index (χ3n) is 6.50. The van der Waals surface area contributed by atoms with Gasteiger partial charge in [-0.2, -0.15) is 0 Å². The highest BCUT2D eigenvalue weighted by molar-refractivity contribution is 7.92. The molecule has 9 nitrogen and oxygen atoms in total. The molecule has 39 heavy (non-hydrogen) atoms. The molecule has 4 aromatic rings. The quantitative estimate of drug-likeness (QED) is 0.222. The van der Waals surface area contributed by atoms with Crippen molar-refractivity contribution in [3.63, 3.8) is 0 Å². The minimum atomic E-state index is -3.80. The van der Waals surface area contributed by atoms with E-state index in [9.17, 15) is 18.3 Å². The molecule has 3 N–H and O–H groups in total. The van der Waals surface area contributed by atoms with Gasteiger partial charge in [-0.05, 0) is 63.6 Å². The van der Waals surface area contributed by atoms with Crippen LogP contribution in [0.2, 0.25) is 0 Å². The molecule has 1 atom stereocenters. The molecule has 1 heterocycles. The Hall–Kier alpha value is -3.73. The number of ether oxygens (including phenoxy) is 1. The Bertz CT molecular complexity index is 1530. The second-order valence-electron chi connectivity index (χ2n) is 9.90. The average Bonchev–Trinajstić information content (AvgIpc) is 3.34. The fourth-order valence-corrected chi connectivity index (χ4v) is 5.34. The number of esters is 1. The van der Waals surface area contributed by atoms with Crippen LogP contribution in [0.3, 0.4) is 0 Å². The number of rotatable bonds is 12. The lowest BCUT2D eigenvalue weighted by Gasteiger charge is -2.28. The Labute approximate surface area is 228 Å². The first-order chi connectivity index (χ1) is 18.6. The summed E-state index contributed by atoms with van der Waals surface area (Å²) in [7, 11) is -3.80. The van der Waals surface area contributed by atoms with Crippen LogP contribution in [0.15, 0.2) is 84.0 Å². The minimum absolute atomic E-state index is 0.148. The van der Waals surface area contributed by atoms with Crippen molar-refractivity contribution in [3.8, 4) is 0 Å². The van der Waals surface area contributed by atoms with Gasteiger partial charge in [0.2, 0.25) is 0 Å². The Kier molecular flexibility index (Phi) is 8.69. The number of benzene rings is 3. The zero-order valence-electron chi connectivity index (χ0n) is 22.3. The van der Waals surface area contributed by atoms with Crippen molar-refractivity contribution in [2.24, 2.45) is 0 Å². The summed E-state index contributed by atoms with van der Waals surface area (Å²) in [4.78, 5) is 16.7. The highest BCUT2D eigenvalue weighted by atomic mass is 32.2. The van der Waals surface area contributed by atoms with Crippen molar-refractivity contribution in [2.75, 3.05) is 17.9 Å². The highest BCUT2D eigenvalue weighted by Gasteiger charge is 2.23. The summed E-state index contributed by atoms with van der Waals surface area (Å²) in [5.41, 5.74) is 2.56. The van der Waals surface area contributed by atoms with Crippen molar-refractivity contribution >= 4 is 32.7 Å². The number of nitrogens with zero attached hydrogens (tertiary/aromatic N) is 2. The summed E-state index contributed by atoms with van der Waals surface area (Å²) >= 11 is 0. The summed E-state index contributed by atoms with van der Waals surface area (Å²) < 4.78 is 35.4. The first-order valence-corrected chi connectivity index (χ1v) is 14.3. The fourth-order valence-electron chi connectivity index (χ4n) is 4.23. The predicted octanol–water partition coefficient (Wildman–Crippen LogP) is 4.51. The van der Waals surface area contributed by atoms with Crippen molar-refractivity contribution in [1.29, 1.82) is 0 Å². The lowest BCUT2D eigenvalue weighted by Crippen LogP contribution is -2.42. The van der Waals surface area contributed by atoms with Crippen LogP contribution in [0.25, 0.3) is 11.0 Å². The van der Waals surface area contributed by atoms with Gasteiger partial charge in [0.15, 0.2) is 0 Å². The number of aryl methyl sites for hydroxylation is 1. The third-order valence-corrected chi connectivity index (χ3v) is 7.88. The van der Waals surface area contributed by atoms with Crippen LogP contribution in [0.4, 0.5) is 5.69 Å². The Morgan fingerprint density at radius 3 is 2.54 bits per heavy atom. The number of nitrogens with one attached hydrogen (secondary N) is 2. The van der Waals surface area contributed by atoms with E-state index >= 15 is 0 Å². The lowest BCUT2D eigenvalue weighted by atomic mass is 9.99. The standard InChI is InChI=1S/C29H34N4O5S/c1-4-38-28(35)21-14-15-25-26(18-21)33(20-30-25)17-16-29(2,3)31-19-27(34)23-12-8-9-13-24(23)32-39(36,37)22-10-6-5-7-11-22/h5-15,18,20,27,31-32,34H,4,16-17,19H2,1-3H3. The van der Waals surface area contributed by atoms with Crippen LogP contribution < -0.4 is 10.0 Å². The number of para-hydroxylation sites is 1. The molecule has 206 valence electrons. The number of aliphatic hydroxyl groups is 1. The molecular formula is C29H34N4O5S. The number of anilines is 1. The van der Waals surface area contributed by atoms with E-state index in [0.717, 1.165) is 11.0 Å². The Morgan fingerprint density at radius 1 is 1.08 bits per heavy atom. The molecule has 0 radical (unpaired) electrons. The monoisotopic (exact) mass is 550 g/mol. The molecule has 0 bridgehead atoms. The molecule has 0 aliphatic rings. The number of carbonyl (C=O) groups excluding carboxylic acids is 1. The molecule has 0 amide bonds. The highest BCUT2D eigenvalue weighted by Crippen LogP contribution is 2.26. The number of imidazole rings is 1. The first-order valence-electron chi connectivity index (χ1n) is 12.8. The summed E-state index contributed by atoms with van der Waals surface area (Å²) in [5.74, 6) is -0.366. The van der Waals surface area contributed by atoms with E-state index in [1.165, 1.54) is 12.1 Å². The molecule has 0 fully saturated rings. The van der Waals surface area contributed by atoms with Crippen molar-refractivity contribution in [1.82, 2.24) is 14.9 Å². The molecule has 0 saturated carbocycles. The predicted molar refractivity (Wildman–Crippen MR) is 151 cm³/mol. The van der Waals surface area contributed by atoms with E-state index in [1.807, 2.05) is 18.4 Å². The fraction of sp³-hybridized carbons (Fsp3) is 0.310. The number of hydrogen-bond acceptors (Lipinski definition) is 7. The molecule has 0 aliphatic heterocycles. The van der Waals surface area contributed by atoms with Gasteiger partial charge in [-0.1, -0.05) is 36.4 Å². The van der Waals surface area contributed by atoms with Gasteiger partial charge in [0.1, 0.15) is 0 Å².